The van der Waals surface area contributed by atoms with Gasteiger partial charge in [0.2, 0.25) is 5.91 Å². The van der Waals surface area contributed by atoms with Crippen LogP contribution in [0.3, 0.4) is 0 Å². The predicted molar refractivity (Wildman–Crippen MR) is 80.1 cm³/mol. The molecule has 1 aliphatic carbocycles. The molecule has 2 aliphatic rings. The maximum Gasteiger partial charge on any atom is 0.241 e. The van der Waals surface area contributed by atoms with Gasteiger partial charge in [0.15, 0.2) is 0 Å². The highest BCUT2D eigenvalue weighted by molar-refractivity contribution is 5.84. The molecule has 1 heterocycles. The minimum absolute atomic E-state index is 0.149. The van der Waals surface area contributed by atoms with Crippen molar-refractivity contribution in [1.82, 2.24) is 10.2 Å². The first-order valence-electron chi connectivity index (χ1n) is 8.00. The Bertz CT molecular complexity index is 511. The second-order valence-corrected chi connectivity index (χ2v) is 6.24. The van der Waals surface area contributed by atoms with Gasteiger partial charge in [-0.25, -0.2) is 4.39 Å². The molecule has 1 aromatic rings. The van der Waals surface area contributed by atoms with Crippen molar-refractivity contribution in [3.63, 3.8) is 0 Å². The first kappa shape index (κ1) is 14.5. The van der Waals surface area contributed by atoms with Gasteiger partial charge in [0.1, 0.15) is 12.0 Å². The number of carbonyl (C=O) groups excluding carboxylic acids is 1. The van der Waals surface area contributed by atoms with Gasteiger partial charge in [-0.2, -0.15) is 0 Å². The molecule has 4 heteroatoms. The summed E-state index contributed by atoms with van der Waals surface area (Å²) < 4.78 is 13.5. The maximum absolute atomic E-state index is 13.5. The highest BCUT2D eigenvalue weighted by Crippen LogP contribution is 2.33. The number of halogens is 1. The zero-order chi connectivity index (χ0) is 14.8. The second-order valence-electron chi connectivity index (χ2n) is 6.24. The maximum atomic E-state index is 13.5. The average molecular weight is 290 g/mol. The van der Waals surface area contributed by atoms with Crippen LogP contribution in [0.15, 0.2) is 24.3 Å². The van der Waals surface area contributed by atoms with Gasteiger partial charge in [-0.15, -0.1) is 0 Å². The molecule has 0 aromatic heterocycles. The zero-order valence-corrected chi connectivity index (χ0v) is 12.5. The predicted octanol–water partition coefficient (Wildman–Crippen LogP) is 3.37. The molecule has 1 aliphatic heterocycles. The molecule has 2 unspecified atom stereocenters. The van der Waals surface area contributed by atoms with Crippen molar-refractivity contribution in [2.75, 3.05) is 0 Å². The number of nitrogens with zero attached hydrogens (tertiary/aromatic N) is 1. The van der Waals surface area contributed by atoms with E-state index >= 15 is 0 Å². The lowest BCUT2D eigenvalue weighted by atomic mass is 10.0. The summed E-state index contributed by atoms with van der Waals surface area (Å²) in [5, 5.41) is 3.32. The zero-order valence-electron chi connectivity index (χ0n) is 12.5. The largest absolute Gasteiger partial charge is 0.319 e. The van der Waals surface area contributed by atoms with Crippen LogP contribution in [0, 0.1) is 5.82 Å². The standard InChI is InChI=1S/C17H23FN2O/c1-12-17(21)20(15-9-4-2-3-5-10-15)16(19-12)13-7-6-8-14(18)11-13/h6-8,11-12,15-16,19H,2-5,9-10H2,1H3. The Morgan fingerprint density at radius 2 is 1.90 bits per heavy atom. The Kier molecular flexibility index (Phi) is 4.24. The first-order valence-corrected chi connectivity index (χ1v) is 8.00. The van der Waals surface area contributed by atoms with E-state index in [9.17, 15) is 9.18 Å². The van der Waals surface area contributed by atoms with E-state index < -0.39 is 0 Å². The quantitative estimate of drug-likeness (QED) is 0.847. The third-order valence-electron chi connectivity index (χ3n) is 4.69. The Balaban J connectivity index is 1.88. The Hall–Kier alpha value is -1.42. The summed E-state index contributed by atoms with van der Waals surface area (Å²) >= 11 is 0. The lowest BCUT2D eigenvalue weighted by molar-refractivity contribution is -0.132. The second kappa shape index (κ2) is 6.14. The fourth-order valence-corrected chi connectivity index (χ4v) is 3.60. The summed E-state index contributed by atoms with van der Waals surface area (Å²) in [5.41, 5.74) is 0.844. The number of hydrogen-bond acceptors (Lipinski definition) is 2. The molecule has 2 atom stereocenters. The normalized spacial score (nSPS) is 27.9. The third-order valence-corrected chi connectivity index (χ3v) is 4.69. The molecule has 1 aromatic carbocycles. The number of nitrogens with one attached hydrogen (secondary N) is 1. The smallest absolute Gasteiger partial charge is 0.241 e. The molecule has 3 nitrogen and oxygen atoms in total. The van der Waals surface area contributed by atoms with Gasteiger partial charge in [0.05, 0.1) is 6.04 Å². The van der Waals surface area contributed by atoms with Crippen molar-refractivity contribution >= 4 is 5.91 Å². The SMILES string of the molecule is CC1NC(c2cccc(F)c2)N(C2CCCCCC2)C1=O. The molecule has 1 saturated carbocycles. The summed E-state index contributed by atoms with van der Waals surface area (Å²) in [7, 11) is 0. The molecule has 21 heavy (non-hydrogen) atoms. The summed E-state index contributed by atoms with van der Waals surface area (Å²) in [4.78, 5) is 14.5. The third kappa shape index (κ3) is 2.95. The Morgan fingerprint density at radius 3 is 2.57 bits per heavy atom. The van der Waals surface area contributed by atoms with Crippen molar-refractivity contribution in [2.45, 2.75) is 63.7 Å². The van der Waals surface area contributed by atoms with Crippen LogP contribution in [-0.2, 0) is 4.79 Å². The monoisotopic (exact) mass is 290 g/mol. The van der Waals surface area contributed by atoms with Gasteiger partial charge in [0.25, 0.3) is 0 Å². The molecule has 1 amide bonds. The van der Waals surface area contributed by atoms with E-state index in [2.05, 4.69) is 5.32 Å². The highest BCUT2D eigenvalue weighted by Gasteiger charge is 2.41. The van der Waals surface area contributed by atoms with E-state index in [1.807, 2.05) is 17.9 Å². The van der Waals surface area contributed by atoms with Crippen molar-refractivity contribution in [1.29, 1.82) is 0 Å². The number of carbonyl (C=O) groups is 1. The lowest BCUT2D eigenvalue weighted by Crippen LogP contribution is -2.39. The van der Waals surface area contributed by atoms with Crippen LogP contribution in [0.1, 0.15) is 57.2 Å². The van der Waals surface area contributed by atoms with E-state index in [1.54, 1.807) is 6.07 Å². The number of amides is 1. The van der Waals surface area contributed by atoms with Crippen molar-refractivity contribution in [2.24, 2.45) is 0 Å². The molecular weight excluding hydrogens is 267 g/mol. The number of benzene rings is 1. The van der Waals surface area contributed by atoms with Crippen molar-refractivity contribution in [3.8, 4) is 0 Å². The summed E-state index contributed by atoms with van der Waals surface area (Å²) in [5.74, 6) is -0.0988. The lowest BCUT2D eigenvalue weighted by Gasteiger charge is -2.32. The van der Waals surface area contributed by atoms with Gasteiger partial charge < -0.3 is 4.90 Å². The van der Waals surface area contributed by atoms with Gasteiger partial charge >= 0.3 is 0 Å². The van der Waals surface area contributed by atoms with Crippen molar-refractivity contribution in [3.05, 3.63) is 35.6 Å². The van der Waals surface area contributed by atoms with Gasteiger partial charge in [0, 0.05) is 6.04 Å². The van der Waals surface area contributed by atoms with E-state index in [4.69, 9.17) is 0 Å². The molecule has 0 spiro atoms. The topological polar surface area (TPSA) is 32.3 Å². The molecule has 0 radical (unpaired) electrons. The molecule has 114 valence electrons. The minimum atomic E-state index is -0.248. The van der Waals surface area contributed by atoms with E-state index in [0.717, 1.165) is 18.4 Å². The van der Waals surface area contributed by atoms with Crippen LogP contribution in [0.2, 0.25) is 0 Å². The molecule has 1 N–H and O–H groups in total. The highest BCUT2D eigenvalue weighted by atomic mass is 19.1. The molecule has 1 saturated heterocycles. The summed E-state index contributed by atoms with van der Waals surface area (Å²) in [6.07, 6.45) is 6.81. The van der Waals surface area contributed by atoms with Crippen LogP contribution in [0.4, 0.5) is 4.39 Å². The number of rotatable bonds is 2. The molecule has 2 fully saturated rings. The summed E-state index contributed by atoms with van der Waals surface area (Å²) in [6.45, 7) is 1.89. The Morgan fingerprint density at radius 1 is 1.19 bits per heavy atom. The van der Waals surface area contributed by atoms with Gasteiger partial charge in [-0.3, -0.25) is 10.1 Å². The molecule has 3 rings (SSSR count). The van der Waals surface area contributed by atoms with Crippen LogP contribution < -0.4 is 5.32 Å². The van der Waals surface area contributed by atoms with E-state index in [-0.39, 0.29) is 30.0 Å². The van der Waals surface area contributed by atoms with Crippen molar-refractivity contribution < 1.29 is 9.18 Å². The van der Waals surface area contributed by atoms with Crippen LogP contribution in [0.25, 0.3) is 0 Å². The van der Waals surface area contributed by atoms with Crippen LogP contribution >= 0.6 is 0 Å². The molecular formula is C17H23FN2O. The van der Waals surface area contributed by atoms with Gasteiger partial charge in [-0.05, 0) is 37.5 Å². The minimum Gasteiger partial charge on any atom is -0.319 e. The van der Waals surface area contributed by atoms with Gasteiger partial charge in [-0.1, -0.05) is 37.8 Å². The fraction of sp³-hybridized carbons (Fsp3) is 0.588. The fourth-order valence-electron chi connectivity index (χ4n) is 3.60. The van der Waals surface area contributed by atoms with E-state index in [0.29, 0.717) is 0 Å². The van der Waals surface area contributed by atoms with E-state index in [1.165, 1.54) is 37.8 Å². The molecule has 0 bridgehead atoms. The number of hydrogen-bond donors (Lipinski definition) is 1. The first-order chi connectivity index (χ1) is 10.2. The summed E-state index contributed by atoms with van der Waals surface area (Å²) in [6, 6.07) is 6.68. The van der Waals surface area contributed by atoms with Crippen LogP contribution in [-0.4, -0.2) is 22.9 Å². The average Bonchev–Trinajstić information content (AvgIpc) is 2.68. The van der Waals surface area contributed by atoms with Crippen LogP contribution in [0.5, 0.6) is 0 Å². The Labute approximate surface area is 125 Å².